The van der Waals surface area contributed by atoms with Crippen molar-refractivity contribution >= 4 is 15.7 Å². The van der Waals surface area contributed by atoms with E-state index in [9.17, 15) is 17.2 Å². The maximum Gasteiger partial charge on any atom is 0.243 e. The van der Waals surface area contributed by atoms with Crippen LogP contribution in [0.2, 0.25) is 0 Å². The highest BCUT2D eigenvalue weighted by molar-refractivity contribution is 7.89. The molecule has 5 nitrogen and oxygen atoms in total. The van der Waals surface area contributed by atoms with Crippen LogP contribution < -0.4 is 10.5 Å². The van der Waals surface area contributed by atoms with Gasteiger partial charge in [-0.3, -0.25) is 0 Å². The lowest BCUT2D eigenvalue weighted by atomic mass is 10.2. The van der Waals surface area contributed by atoms with Crippen molar-refractivity contribution in [3.05, 3.63) is 23.8 Å². The first-order valence-corrected chi connectivity index (χ1v) is 6.99. The van der Waals surface area contributed by atoms with Gasteiger partial charge in [-0.1, -0.05) is 6.92 Å². The summed E-state index contributed by atoms with van der Waals surface area (Å²) in [5, 5.41) is 0. The maximum absolute atomic E-state index is 13.5. The number of halogens is 2. The number of ether oxygens (including phenoxy) is 1. The first-order valence-electron chi connectivity index (χ1n) is 5.51. The number of nitrogens with two attached hydrogens (primary N) is 1. The van der Waals surface area contributed by atoms with Gasteiger partial charge in [-0.2, -0.15) is 0 Å². The van der Waals surface area contributed by atoms with E-state index in [1.54, 1.807) is 6.92 Å². The summed E-state index contributed by atoms with van der Waals surface area (Å²) in [4.78, 5) is -0.670. The molecule has 19 heavy (non-hydrogen) atoms. The molecule has 0 aliphatic carbocycles. The first-order chi connectivity index (χ1) is 8.77. The number of rotatable bonds is 6. The van der Waals surface area contributed by atoms with E-state index >= 15 is 0 Å². The molecule has 0 heterocycles. The van der Waals surface area contributed by atoms with Gasteiger partial charge in [-0.25, -0.2) is 21.9 Å². The minimum atomic E-state index is -4.07. The van der Waals surface area contributed by atoms with Gasteiger partial charge in [0, 0.05) is 26.3 Å². The van der Waals surface area contributed by atoms with Crippen LogP contribution in [0.25, 0.3) is 0 Å². The quantitative estimate of drug-likeness (QED) is 0.770. The predicted molar refractivity (Wildman–Crippen MR) is 67.0 cm³/mol. The lowest BCUT2D eigenvalue weighted by Gasteiger charge is -2.13. The Balaban J connectivity index is 2.92. The average molecular weight is 294 g/mol. The number of methoxy groups -OCH3 is 1. The third-order valence-corrected chi connectivity index (χ3v) is 3.85. The molecule has 0 bridgehead atoms. The Morgan fingerprint density at radius 2 is 2.00 bits per heavy atom. The molecule has 1 aromatic carbocycles. The van der Waals surface area contributed by atoms with E-state index in [-0.39, 0.29) is 12.5 Å². The van der Waals surface area contributed by atoms with E-state index in [1.165, 1.54) is 7.11 Å². The third kappa shape index (κ3) is 4.12. The van der Waals surface area contributed by atoms with Crippen LogP contribution in [-0.4, -0.2) is 28.7 Å². The Hall–Kier alpha value is -1.25. The van der Waals surface area contributed by atoms with Crippen molar-refractivity contribution in [3.8, 4) is 0 Å². The summed E-state index contributed by atoms with van der Waals surface area (Å²) in [6, 6.07) is 1.20. The molecule has 0 saturated carbocycles. The van der Waals surface area contributed by atoms with Crippen molar-refractivity contribution in [2.45, 2.75) is 11.8 Å². The molecule has 1 rings (SSSR count). The summed E-state index contributed by atoms with van der Waals surface area (Å²) in [7, 11) is -2.58. The van der Waals surface area contributed by atoms with Crippen molar-refractivity contribution in [1.29, 1.82) is 0 Å². The third-order valence-electron chi connectivity index (χ3n) is 2.41. The molecular formula is C11H16F2N2O3S. The number of nitrogens with one attached hydrogen (secondary N) is 1. The highest BCUT2D eigenvalue weighted by Crippen LogP contribution is 2.20. The average Bonchev–Trinajstić information content (AvgIpc) is 2.31. The van der Waals surface area contributed by atoms with Crippen LogP contribution >= 0.6 is 0 Å². The molecule has 3 N–H and O–H groups in total. The Morgan fingerprint density at radius 3 is 2.58 bits per heavy atom. The van der Waals surface area contributed by atoms with Crippen LogP contribution in [0.5, 0.6) is 0 Å². The normalized spacial score (nSPS) is 13.5. The van der Waals surface area contributed by atoms with Crippen LogP contribution in [0.3, 0.4) is 0 Å². The van der Waals surface area contributed by atoms with Gasteiger partial charge in [0.2, 0.25) is 10.0 Å². The fraction of sp³-hybridized carbons (Fsp3) is 0.455. The van der Waals surface area contributed by atoms with E-state index in [1.807, 2.05) is 0 Å². The minimum Gasteiger partial charge on any atom is -0.396 e. The maximum atomic E-state index is 13.5. The van der Waals surface area contributed by atoms with Crippen molar-refractivity contribution in [2.75, 3.05) is 26.0 Å². The topological polar surface area (TPSA) is 81.4 Å². The molecule has 8 heteroatoms. The van der Waals surface area contributed by atoms with Crippen molar-refractivity contribution in [3.63, 3.8) is 0 Å². The molecule has 0 saturated heterocycles. The molecule has 0 aliphatic heterocycles. The van der Waals surface area contributed by atoms with Crippen molar-refractivity contribution in [2.24, 2.45) is 5.92 Å². The highest BCUT2D eigenvalue weighted by atomic mass is 32.2. The first kappa shape index (κ1) is 15.8. The second-order valence-electron chi connectivity index (χ2n) is 4.22. The summed E-state index contributed by atoms with van der Waals surface area (Å²) in [6.45, 7) is 2.20. The van der Waals surface area contributed by atoms with E-state index in [2.05, 4.69) is 4.72 Å². The number of hydrogen-bond donors (Lipinski definition) is 2. The Kier molecular flexibility index (Phi) is 5.21. The lowest BCUT2D eigenvalue weighted by molar-refractivity contribution is 0.161. The Bertz CT molecular complexity index is 549. The molecule has 0 aliphatic rings. The minimum absolute atomic E-state index is 0.0763. The molecular weight excluding hydrogens is 278 g/mol. The van der Waals surface area contributed by atoms with E-state index < -0.39 is 32.2 Å². The molecule has 1 unspecified atom stereocenters. The van der Waals surface area contributed by atoms with E-state index in [4.69, 9.17) is 10.5 Å². The zero-order chi connectivity index (χ0) is 14.6. The molecule has 108 valence electrons. The van der Waals surface area contributed by atoms with Crippen LogP contribution in [0, 0.1) is 17.6 Å². The second kappa shape index (κ2) is 6.27. The molecule has 1 atom stereocenters. The van der Waals surface area contributed by atoms with Crippen molar-refractivity contribution < 1.29 is 21.9 Å². The van der Waals surface area contributed by atoms with Crippen molar-refractivity contribution in [1.82, 2.24) is 4.72 Å². The molecule has 0 amide bonds. The van der Waals surface area contributed by atoms with E-state index in [0.717, 1.165) is 6.07 Å². The highest BCUT2D eigenvalue weighted by Gasteiger charge is 2.21. The zero-order valence-corrected chi connectivity index (χ0v) is 11.4. The summed E-state index contributed by atoms with van der Waals surface area (Å²) in [6.07, 6.45) is 0. The number of sulfonamides is 1. The fourth-order valence-corrected chi connectivity index (χ4v) is 2.68. The summed E-state index contributed by atoms with van der Waals surface area (Å²) < 4.78 is 57.2. The molecule has 1 aromatic rings. The van der Waals surface area contributed by atoms with Crippen LogP contribution in [0.4, 0.5) is 14.5 Å². The molecule has 0 spiro atoms. The second-order valence-corrected chi connectivity index (χ2v) is 5.95. The van der Waals surface area contributed by atoms with Gasteiger partial charge in [0.1, 0.15) is 16.5 Å². The van der Waals surface area contributed by atoms with Gasteiger partial charge < -0.3 is 10.5 Å². The van der Waals surface area contributed by atoms with Gasteiger partial charge >= 0.3 is 0 Å². The Labute approximate surface area is 110 Å². The summed E-state index contributed by atoms with van der Waals surface area (Å²) >= 11 is 0. The van der Waals surface area contributed by atoms with Crippen LogP contribution in [0.15, 0.2) is 17.0 Å². The van der Waals surface area contributed by atoms with E-state index in [0.29, 0.717) is 12.7 Å². The summed E-state index contributed by atoms with van der Waals surface area (Å²) in [5.74, 6) is -2.26. The number of hydrogen-bond acceptors (Lipinski definition) is 4. The Morgan fingerprint density at radius 1 is 1.37 bits per heavy atom. The zero-order valence-electron chi connectivity index (χ0n) is 10.6. The van der Waals surface area contributed by atoms with Gasteiger partial charge in [-0.05, 0) is 12.0 Å². The van der Waals surface area contributed by atoms with Gasteiger partial charge in [0.05, 0.1) is 5.69 Å². The summed E-state index contributed by atoms with van der Waals surface area (Å²) in [5.41, 5.74) is 4.81. The molecule has 0 radical (unpaired) electrons. The number of benzene rings is 1. The smallest absolute Gasteiger partial charge is 0.243 e. The largest absolute Gasteiger partial charge is 0.396 e. The molecule has 0 fully saturated rings. The fourth-order valence-electron chi connectivity index (χ4n) is 1.42. The SMILES string of the molecule is COCC(C)CNS(=O)(=O)c1cc(N)c(F)cc1F. The van der Waals surface area contributed by atoms with Gasteiger partial charge in [0.25, 0.3) is 0 Å². The predicted octanol–water partition coefficient (Wildman–Crippen LogP) is 1.11. The van der Waals surface area contributed by atoms with Crippen LogP contribution in [-0.2, 0) is 14.8 Å². The number of anilines is 1. The van der Waals surface area contributed by atoms with Gasteiger partial charge in [0.15, 0.2) is 0 Å². The lowest BCUT2D eigenvalue weighted by Crippen LogP contribution is -2.30. The monoisotopic (exact) mass is 294 g/mol. The molecule has 0 aromatic heterocycles. The van der Waals surface area contributed by atoms with Gasteiger partial charge in [-0.15, -0.1) is 0 Å². The van der Waals surface area contributed by atoms with Crippen LogP contribution in [0.1, 0.15) is 6.92 Å². The standard InChI is InChI=1S/C11H16F2N2O3S/c1-7(6-18-2)5-15-19(16,17)11-4-10(14)8(12)3-9(11)13/h3-4,7,15H,5-6,14H2,1-2H3. The number of nitrogen functional groups attached to an aromatic ring is 1.